The van der Waals surface area contributed by atoms with Gasteiger partial charge in [0, 0.05) is 11.0 Å². The van der Waals surface area contributed by atoms with Crippen molar-refractivity contribution in [3.05, 3.63) is 51.4 Å². The summed E-state index contributed by atoms with van der Waals surface area (Å²) in [5.74, 6) is -0.402. The molecule has 0 amide bonds. The van der Waals surface area contributed by atoms with Gasteiger partial charge in [-0.15, -0.1) is 0 Å². The van der Waals surface area contributed by atoms with Crippen molar-refractivity contribution in [2.45, 2.75) is 25.7 Å². The number of ether oxygens (including phenoxy) is 1. The third kappa shape index (κ3) is 2.07. The largest absolute Gasteiger partial charge is 0.466 e. The molecule has 0 saturated carbocycles. The van der Waals surface area contributed by atoms with Crippen LogP contribution in [0.1, 0.15) is 31.4 Å². The Balaban J connectivity index is 2.39. The molecule has 1 aliphatic rings. The van der Waals surface area contributed by atoms with E-state index in [-0.39, 0.29) is 5.41 Å². The minimum absolute atomic E-state index is 0.344. The summed E-state index contributed by atoms with van der Waals surface area (Å²) in [5, 5.41) is 0.914. The topological polar surface area (TPSA) is 56.5 Å². The van der Waals surface area contributed by atoms with Gasteiger partial charge in [0.2, 0.25) is 0 Å². The highest BCUT2D eigenvalue weighted by Gasteiger charge is 2.34. The maximum atomic E-state index is 12.3. The Morgan fingerprint density at radius 3 is 2.71 bits per heavy atom. The third-order valence-electron chi connectivity index (χ3n) is 3.92. The molecule has 0 unspecified atom stereocenters. The molecule has 0 aliphatic heterocycles. The van der Waals surface area contributed by atoms with E-state index in [1.54, 1.807) is 12.1 Å². The predicted molar refractivity (Wildman–Crippen MR) is 80.1 cm³/mol. The van der Waals surface area contributed by atoms with Crippen LogP contribution in [-0.2, 0) is 14.9 Å². The molecule has 0 N–H and O–H groups in total. The van der Waals surface area contributed by atoms with Crippen LogP contribution < -0.4 is 5.63 Å². The van der Waals surface area contributed by atoms with Crippen molar-refractivity contribution in [2.24, 2.45) is 0 Å². The first-order valence-electron chi connectivity index (χ1n) is 6.79. The van der Waals surface area contributed by atoms with E-state index in [4.69, 9.17) is 9.15 Å². The van der Waals surface area contributed by atoms with Gasteiger partial charge in [0.1, 0.15) is 5.58 Å². The summed E-state index contributed by atoms with van der Waals surface area (Å²) in [7, 11) is 1.34. The Morgan fingerprint density at radius 2 is 2.00 bits per heavy atom. The standard InChI is InChI=1S/C17H16O4/c1-17(2)9-10(15(18)20-3)8-12-14(17)11-6-4-5-7-13(11)21-16(12)19/h4-8H,9H2,1-3H3. The molecule has 4 nitrogen and oxygen atoms in total. The number of carbonyl (C=O) groups excluding carboxylic acids is 1. The van der Waals surface area contributed by atoms with Gasteiger partial charge in [-0.1, -0.05) is 32.0 Å². The van der Waals surface area contributed by atoms with Gasteiger partial charge in [0.25, 0.3) is 0 Å². The third-order valence-corrected chi connectivity index (χ3v) is 3.92. The number of benzene rings is 1. The molecular weight excluding hydrogens is 268 g/mol. The molecule has 4 heteroatoms. The van der Waals surface area contributed by atoms with Crippen molar-refractivity contribution in [1.29, 1.82) is 0 Å². The Bertz CT molecular complexity index is 824. The molecule has 1 aliphatic carbocycles. The van der Waals surface area contributed by atoms with Gasteiger partial charge in [0.05, 0.1) is 12.7 Å². The number of para-hydroxylation sites is 1. The second-order valence-corrected chi connectivity index (χ2v) is 5.90. The normalized spacial score (nSPS) is 16.2. The summed E-state index contributed by atoms with van der Waals surface area (Å²) >= 11 is 0. The highest BCUT2D eigenvalue weighted by atomic mass is 16.5. The fraction of sp³-hybridized carbons (Fsp3) is 0.294. The van der Waals surface area contributed by atoms with Gasteiger partial charge in [-0.05, 0) is 29.5 Å². The monoisotopic (exact) mass is 284 g/mol. The van der Waals surface area contributed by atoms with Crippen LogP contribution in [0.3, 0.4) is 0 Å². The van der Waals surface area contributed by atoms with Crippen molar-refractivity contribution >= 4 is 23.0 Å². The van der Waals surface area contributed by atoms with Crippen LogP contribution >= 0.6 is 0 Å². The SMILES string of the molecule is COC(=O)C1=Cc2c(c3ccccc3oc2=O)C(C)(C)C1. The van der Waals surface area contributed by atoms with Gasteiger partial charge < -0.3 is 9.15 Å². The van der Waals surface area contributed by atoms with Gasteiger partial charge in [-0.25, -0.2) is 9.59 Å². The predicted octanol–water partition coefficient (Wildman–Crippen LogP) is 3.03. The number of esters is 1. The molecule has 0 radical (unpaired) electrons. The molecule has 0 atom stereocenters. The number of hydrogen-bond donors (Lipinski definition) is 0. The maximum absolute atomic E-state index is 12.3. The first-order valence-corrected chi connectivity index (χ1v) is 6.79. The van der Waals surface area contributed by atoms with Crippen LogP contribution in [0.4, 0.5) is 0 Å². The molecule has 0 bridgehead atoms. The second kappa shape index (κ2) is 4.58. The summed E-state index contributed by atoms with van der Waals surface area (Å²) in [4.78, 5) is 24.1. The van der Waals surface area contributed by atoms with Crippen molar-refractivity contribution in [3.63, 3.8) is 0 Å². The minimum Gasteiger partial charge on any atom is -0.466 e. The lowest BCUT2D eigenvalue weighted by Crippen LogP contribution is -2.29. The minimum atomic E-state index is -0.419. The van der Waals surface area contributed by atoms with E-state index < -0.39 is 11.6 Å². The lowest BCUT2D eigenvalue weighted by molar-refractivity contribution is -0.136. The fourth-order valence-corrected chi connectivity index (χ4v) is 3.08. The highest BCUT2D eigenvalue weighted by Crippen LogP contribution is 2.41. The first kappa shape index (κ1) is 13.6. The van der Waals surface area contributed by atoms with Crippen LogP contribution in [0, 0.1) is 0 Å². The van der Waals surface area contributed by atoms with Crippen molar-refractivity contribution in [2.75, 3.05) is 7.11 Å². The molecule has 0 saturated heterocycles. The smallest absolute Gasteiger partial charge is 0.343 e. The van der Waals surface area contributed by atoms with E-state index in [1.165, 1.54) is 7.11 Å². The quantitative estimate of drug-likeness (QED) is 0.596. The molecule has 21 heavy (non-hydrogen) atoms. The molecule has 0 fully saturated rings. The molecule has 1 aromatic carbocycles. The Hall–Kier alpha value is -2.36. The Morgan fingerprint density at radius 1 is 1.29 bits per heavy atom. The molecule has 108 valence electrons. The van der Waals surface area contributed by atoms with E-state index in [0.717, 1.165) is 10.9 Å². The number of rotatable bonds is 1. The summed E-state index contributed by atoms with van der Waals surface area (Å²) in [6, 6.07) is 7.48. The van der Waals surface area contributed by atoms with Gasteiger partial charge in [0.15, 0.2) is 0 Å². The van der Waals surface area contributed by atoms with Gasteiger partial charge in [-0.3, -0.25) is 0 Å². The number of hydrogen-bond acceptors (Lipinski definition) is 4. The van der Waals surface area contributed by atoms with Crippen molar-refractivity contribution in [3.8, 4) is 0 Å². The van der Waals surface area contributed by atoms with Crippen LogP contribution in [0.25, 0.3) is 17.0 Å². The average Bonchev–Trinajstić information content (AvgIpc) is 2.45. The average molecular weight is 284 g/mol. The molecule has 3 rings (SSSR count). The van der Waals surface area contributed by atoms with Crippen molar-refractivity contribution in [1.82, 2.24) is 0 Å². The second-order valence-electron chi connectivity index (χ2n) is 5.90. The maximum Gasteiger partial charge on any atom is 0.343 e. The van der Waals surface area contributed by atoms with E-state index in [9.17, 15) is 9.59 Å². The van der Waals surface area contributed by atoms with E-state index in [2.05, 4.69) is 0 Å². The molecule has 0 spiro atoms. The summed E-state index contributed by atoms with van der Waals surface area (Å²) in [6.07, 6.45) is 2.13. The van der Waals surface area contributed by atoms with E-state index >= 15 is 0 Å². The first-order chi connectivity index (χ1) is 9.94. The zero-order valence-electron chi connectivity index (χ0n) is 12.2. The van der Waals surface area contributed by atoms with Crippen LogP contribution in [0.15, 0.2) is 39.1 Å². The zero-order valence-corrected chi connectivity index (χ0v) is 12.2. The van der Waals surface area contributed by atoms with Gasteiger partial charge in [-0.2, -0.15) is 0 Å². The molecule has 1 heterocycles. The molecule has 1 aromatic heterocycles. The van der Waals surface area contributed by atoms with Gasteiger partial charge >= 0.3 is 11.6 Å². The Kier molecular flexibility index (Phi) is 2.97. The van der Waals surface area contributed by atoms with E-state index in [1.807, 2.05) is 32.0 Å². The summed E-state index contributed by atoms with van der Waals surface area (Å²) < 4.78 is 10.1. The van der Waals surface area contributed by atoms with Crippen molar-refractivity contribution < 1.29 is 13.9 Å². The zero-order chi connectivity index (χ0) is 15.2. The van der Waals surface area contributed by atoms with Crippen LogP contribution in [0.5, 0.6) is 0 Å². The fourth-order valence-electron chi connectivity index (χ4n) is 3.08. The lowest BCUT2D eigenvalue weighted by Gasteiger charge is -2.31. The number of fused-ring (bicyclic) bond motifs is 3. The number of carbonyl (C=O) groups is 1. The lowest BCUT2D eigenvalue weighted by atomic mass is 9.72. The molecule has 2 aromatic rings. The summed E-state index contributed by atoms with van der Waals surface area (Å²) in [5.41, 5.74) is 1.69. The van der Waals surface area contributed by atoms with Crippen LogP contribution in [0.2, 0.25) is 0 Å². The highest BCUT2D eigenvalue weighted by molar-refractivity contribution is 5.97. The van der Waals surface area contributed by atoms with Crippen LogP contribution in [-0.4, -0.2) is 13.1 Å². The number of methoxy groups -OCH3 is 1. The molecular formula is C17H16O4. The van der Waals surface area contributed by atoms with E-state index in [0.29, 0.717) is 23.1 Å². The Labute approximate surface area is 122 Å². The summed E-state index contributed by atoms with van der Waals surface area (Å²) in [6.45, 7) is 4.04.